The molecule has 0 radical (unpaired) electrons. The minimum Gasteiger partial charge on any atom is -0.352 e. The summed E-state index contributed by atoms with van der Waals surface area (Å²) in [7, 11) is 0. The third-order valence-electron chi connectivity index (χ3n) is 3.92. The highest BCUT2D eigenvalue weighted by molar-refractivity contribution is 4.72. The van der Waals surface area contributed by atoms with Crippen molar-refractivity contribution in [3.8, 4) is 0 Å². The molecule has 1 atom stereocenters. The van der Waals surface area contributed by atoms with Gasteiger partial charge in [0.2, 0.25) is 0 Å². The van der Waals surface area contributed by atoms with Crippen molar-refractivity contribution >= 4 is 0 Å². The average molecular weight is 257 g/mol. The summed E-state index contributed by atoms with van der Waals surface area (Å²) in [5.74, 6) is 1.71. The van der Waals surface area contributed by atoms with Crippen LogP contribution in [0.25, 0.3) is 0 Å². The standard InChI is InChI=1S/C15H31NO2/c1-5-17-15(18-6-2)12-16-10-7-8-14(9-11-16)13(3)4/h13-15H,5-12H2,1-4H3. The van der Waals surface area contributed by atoms with Gasteiger partial charge in [-0.2, -0.15) is 0 Å². The fourth-order valence-corrected chi connectivity index (χ4v) is 2.77. The second-order valence-corrected chi connectivity index (χ2v) is 5.58. The molecule has 0 N–H and O–H groups in total. The van der Waals surface area contributed by atoms with E-state index in [0.717, 1.165) is 31.6 Å². The van der Waals surface area contributed by atoms with Crippen molar-refractivity contribution in [3.63, 3.8) is 0 Å². The van der Waals surface area contributed by atoms with Crippen molar-refractivity contribution in [2.24, 2.45) is 11.8 Å². The van der Waals surface area contributed by atoms with Crippen LogP contribution >= 0.6 is 0 Å². The van der Waals surface area contributed by atoms with E-state index in [4.69, 9.17) is 9.47 Å². The highest BCUT2D eigenvalue weighted by Gasteiger charge is 2.21. The van der Waals surface area contributed by atoms with Gasteiger partial charge in [-0.3, -0.25) is 4.90 Å². The van der Waals surface area contributed by atoms with Crippen LogP contribution in [0.5, 0.6) is 0 Å². The SMILES string of the molecule is CCOC(CN1CCCC(C(C)C)CC1)OCC. The van der Waals surface area contributed by atoms with E-state index in [9.17, 15) is 0 Å². The summed E-state index contributed by atoms with van der Waals surface area (Å²) in [5, 5.41) is 0. The fourth-order valence-electron chi connectivity index (χ4n) is 2.77. The van der Waals surface area contributed by atoms with Crippen molar-refractivity contribution in [2.75, 3.05) is 32.8 Å². The van der Waals surface area contributed by atoms with Gasteiger partial charge in [-0.05, 0) is 58.0 Å². The number of hydrogen-bond donors (Lipinski definition) is 0. The Morgan fingerprint density at radius 1 is 1.06 bits per heavy atom. The average Bonchev–Trinajstić information content (AvgIpc) is 2.55. The van der Waals surface area contributed by atoms with E-state index < -0.39 is 0 Å². The number of rotatable bonds is 7. The van der Waals surface area contributed by atoms with Gasteiger partial charge in [-0.1, -0.05) is 13.8 Å². The lowest BCUT2D eigenvalue weighted by atomic mass is 9.89. The molecule has 1 saturated heterocycles. The van der Waals surface area contributed by atoms with Gasteiger partial charge in [-0.25, -0.2) is 0 Å². The lowest BCUT2D eigenvalue weighted by Gasteiger charge is -2.26. The van der Waals surface area contributed by atoms with Crippen molar-refractivity contribution < 1.29 is 9.47 Å². The van der Waals surface area contributed by atoms with E-state index in [-0.39, 0.29) is 6.29 Å². The van der Waals surface area contributed by atoms with Crippen LogP contribution in [0, 0.1) is 11.8 Å². The molecular weight excluding hydrogens is 226 g/mol. The molecule has 0 aromatic rings. The quantitative estimate of drug-likeness (QED) is 0.654. The van der Waals surface area contributed by atoms with Crippen LogP contribution in [0.4, 0.5) is 0 Å². The molecule has 1 heterocycles. The summed E-state index contributed by atoms with van der Waals surface area (Å²) >= 11 is 0. The first kappa shape index (κ1) is 15.9. The van der Waals surface area contributed by atoms with Crippen LogP contribution < -0.4 is 0 Å². The topological polar surface area (TPSA) is 21.7 Å². The molecule has 0 amide bonds. The number of likely N-dealkylation sites (tertiary alicyclic amines) is 1. The molecule has 1 aliphatic rings. The zero-order valence-corrected chi connectivity index (χ0v) is 12.7. The minimum atomic E-state index is -0.0457. The Hall–Kier alpha value is -0.120. The van der Waals surface area contributed by atoms with Crippen molar-refractivity contribution in [1.82, 2.24) is 4.90 Å². The molecular formula is C15H31NO2. The second kappa shape index (κ2) is 8.89. The number of ether oxygens (including phenoxy) is 2. The van der Waals surface area contributed by atoms with Crippen LogP contribution in [0.1, 0.15) is 47.0 Å². The predicted molar refractivity (Wildman–Crippen MR) is 75.7 cm³/mol. The molecule has 3 heteroatoms. The Morgan fingerprint density at radius 2 is 1.72 bits per heavy atom. The highest BCUT2D eigenvalue weighted by atomic mass is 16.7. The molecule has 1 unspecified atom stereocenters. The summed E-state index contributed by atoms with van der Waals surface area (Å²) in [4.78, 5) is 2.51. The maximum atomic E-state index is 5.64. The van der Waals surface area contributed by atoms with E-state index in [2.05, 4.69) is 18.7 Å². The first-order valence-electron chi connectivity index (χ1n) is 7.62. The summed E-state index contributed by atoms with van der Waals surface area (Å²) in [6.45, 7) is 13.5. The normalized spacial score (nSPS) is 22.7. The number of nitrogens with zero attached hydrogens (tertiary/aromatic N) is 1. The fraction of sp³-hybridized carbons (Fsp3) is 1.00. The van der Waals surface area contributed by atoms with Crippen molar-refractivity contribution in [1.29, 1.82) is 0 Å². The summed E-state index contributed by atoms with van der Waals surface area (Å²) in [6.07, 6.45) is 3.97. The van der Waals surface area contributed by atoms with Crippen LogP contribution in [0.2, 0.25) is 0 Å². The lowest BCUT2D eigenvalue weighted by Crippen LogP contribution is -2.36. The van der Waals surface area contributed by atoms with Crippen molar-refractivity contribution in [3.05, 3.63) is 0 Å². The summed E-state index contributed by atoms with van der Waals surface area (Å²) in [6, 6.07) is 0. The Morgan fingerprint density at radius 3 is 2.28 bits per heavy atom. The zero-order chi connectivity index (χ0) is 13.4. The summed E-state index contributed by atoms with van der Waals surface area (Å²) < 4.78 is 11.3. The molecule has 0 bridgehead atoms. The Balaban J connectivity index is 2.37. The molecule has 1 fully saturated rings. The van der Waals surface area contributed by atoms with Gasteiger partial charge in [-0.15, -0.1) is 0 Å². The molecule has 18 heavy (non-hydrogen) atoms. The van der Waals surface area contributed by atoms with Gasteiger partial charge in [0.25, 0.3) is 0 Å². The first-order valence-corrected chi connectivity index (χ1v) is 7.62. The second-order valence-electron chi connectivity index (χ2n) is 5.58. The van der Waals surface area contributed by atoms with E-state index in [0.29, 0.717) is 0 Å². The molecule has 0 spiro atoms. The minimum absolute atomic E-state index is 0.0457. The molecule has 0 aromatic heterocycles. The third-order valence-corrected chi connectivity index (χ3v) is 3.92. The largest absolute Gasteiger partial charge is 0.352 e. The molecule has 0 saturated carbocycles. The van der Waals surface area contributed by atoms with Gasteiger partial charge < -0.3 is 9.47 Å². The first-order chi connectivity index (χ1) is 8.67. The van der Waals surface area contributed by atoms with E-state index >= 15 is 0 Å². The Labute approximate surface area is 113 Å². The Kier molecular flexibility index (Phi) is 7.87. The van der Waals surface area contributed by atoms with E-state index in [1.54, 1.807) is 0 Å². The van der Waals surface area contributed by atoms with Crippen LogP contribution in [0.15, 0.2) is 0 Å². The Bertz CT molecular complexity index is 203. The van der Waals surface area contributed by atoms with Crippen LogP contribution in [-0.4, -0.2) is 44.0 Å². The monoisotopic (exact) mass is 257 g/mol. The molecule has 108 valence electrons. The van der Waals surface area contributed by atoms with Gasteiger partial charge in [0, 0.05) is 19.8 Å². The smallest absolute Gasteiger partial charge is 0.170 e. The highest BCUT2D eigenvalue weighted by Crippen LogP contribution is 2.24. The zero-order valence-electron chi connectivity index (χ0n) is 12.7. The maximum Gasteiger partial charge on any atom is 0.170 e. The molecule has 0 aliphatic carbocycles. The summed E-state index contributed by atoms with van der Waals surface area (Å²) in [5.41, 5.74) is 0. The van der Waals surface area contributed by atoms with Gasteiger partial charge in [0.05, 0.1) is 0 Å². The molecule has 1 rings (SSSR count). The lowest BCUT2D eigenvalue weighted by molar-refractivity contribution is -0.147. The van der Waals surface area contributed by atoms with Crippen molar-refractivity contribution in [2.45, 2.75) is 53.2 Å². The van der Waals surface area contributed by atoms with Gasteiger partial charge >= 0.3 is 0 Å². The van der Waals surface area contributed by atoms with Gasteiger partial charge in [0.1, 0.15) is 0 Å². The molecule has 3 nitrogen and oxygen atoms in total. The van der Waals surface area contributed by atoms with E-state index in [1.165, 1.54) is 32.4 Å². The third kappa shape index (κ3) is 5.68. The molecule has 0 aromatic carbocycles. The van der Waals surface area contributed by atoms with E-state index in [1.807, 2.05) is 13.8 Å². The predicted octanol–water partition coefficient (Wildman–Crippen LogP) is 3.14. The van der Waals surface area contributed by atoms with Crippen LogP contribution in [-0.2, 0) is 9.47 Å². The number of hydrogen-bond acceptors (Lipinski definition) is 3. The molecule has 1 aliphatic heterocycles. The van der Waals surface area contributed by atoms with Gasteiger partial charge in [0.15, 0.2) is 6.29 Å². The maximum absolute atomic E-state index is 5.64. The van der Waals surface area contributed by atoms with Crippen LogP contribution in [0.3, 0.4) is 0 Å².